The molecule has 0 aliphatic carbocycles. The van der Waals surface area contributed by atoms with E-state index < -0.39 is 0 Å². The number of nitrogens with zero attached hydrogens (tertiary/aromatic N) is 5. The highest BCUT2D eigenvalue weighted by molar-refractivity contribution is 5.79. The molecule has 0 spiro atoms. The molecule has 0 saturated carbocycles. The number of rotatable bonds is 6. The summed E-state index contributed by atoms with van der Waals surface area (Å²) in [4.78, 5) is 25.4. The molecule has 1 aromatic heterocycles. The fourth-order valence-corrected chi connectivity index (χ4v) is 5.89. The minimum Gasteiger partial charge on any atom is -0.368 e. The second-order valence-corrected chi connectivity index (χ2v) is 10.4. The van der Waals surface area contributed by atoms with E-state index in [9.17, 15) is 4.79 Å². The second-order valence-electron chi connectivity index (χ2n) is 10.4. The van der Waals surface area contributed by atoms with Crippen LogP contribution in [-0.2, 0) is 17.9 Å². The molecular formula is C29H39N5O. The van der Waals surface area contributed by atoms with Crippen LogP contribution in [0.15, 0.2) is 48.5 Å². The van der Waals surface area contributed by atoms with E-state index in [2.05, 4.69) is 88.6 Å². The Balaban J connectivity index is 1.21. The van der Waals surface area contributed by atoms with Crippen LogP contribution in [-0.4, -0.2) is 64.5 Å². The number of carbonyl (C=O) groups excluding carboxylic acids is 1. The number of hydrogen-bond acceptors (Lipinski definition) is 4. The molecule has 0 unspecified atom stereocenters. The Hall–Kier alpha value is -2.86. The summed E-state index contributed by atoms with van der Waals surface area (Å²) < 4.78 is 2.31. The molecule has 6 heteroatoms. The van der Waals surface area contributed by atoms with Crippen molar-refractivity contribution in [2.75, 3.05) is 44.2 Å². The molecule has 1 amide bonds. The molecule has 0 radical (unpaired) electrons. The number of hydrogen-bond donors (Lipinski definition) is 0. The summed E-state index contributed by atoms with van der Waals surface area (Å²) in [5, 5.41) is 0. The van der Waals surface area contributed by atoms with Gasteiger partial charge in [-0.3, -0.25) is 9.69 Å². The summed E-state index contributed by atoms with van der Waals surface area (Å²) in [6.07, 6.45) is 2.07. The number of likely N-dealkylation sites (tertiary alicyclic amines) is 1. The summed E-state index contributed by atoms with van der Waals surface area (Å²) in [6, 6.07) is 17.1. The minimum absolute atomic E-state index is 0.0951. The van der Waals surface area contributed by atoms with Gasteiger partial charge in [0.25, 0.3) is 0 Å². The molecule has 5 rings (SSSR count). The quantitative estimate of drug-likeness (QED) is 0.519. The van der Waals surface area contributed by atoms with E-state index in [0.29, 0.717) is 11.8 Å². The van der Waals surface area contributed by atoms with Gasteiger partial charge in [0.15, 0.2) is 0 Å². The number of benzene rings is 2. The summed E-state index contributed by atoms with van der Waals surface area (Å²) in [6.45, 7) is 13.7. The smallest absolute Gasteiger partial charge is 0.227 e. The highest BCUT2D eigenvalue weighted by atomic mass is 16.2. The van der Waals surface area contributed by atoms with Gasteiger partial charge in [-0.1, -0.05) is 44.2 Å². The van der Waals surface area contributed by atoms with Crippen molar-refractivity contribution >= 4 is 22.6 Å². The topological polar surface area (TPSA) is 44.6 Å². The van der Waals surface area contributed by atoms with E-state index in [1.54, 1.807) is 0 Å². The molecule has 3 aromatic rings. The van der Waals surface area contributed by atoms with Crippen LogP contribution in [0.5, 0.6) is 0 Å². The number of aromatic nitrogens is 2. The van der Waals surface area contributed by atoms with Crippen molar-refractivity contribution in [3.8, 4) is 0 Å². The van der Waals surface area contributed by atoms with Gasteiger partial charge < -0.3 is 14.4 Å². The monoisotopic (exact) mass is 473 g/mol. The van der Waals surface area contributed by atoms with Crippen LogP contribution in [0.3, 0.4) is 0 Å². The molecule has 35 heavy (non-hydrogen) atoms. The van der Waals surface area contributed by atoms with Crippen LogP contribution in [0.1, 0.15) is 50.9 Å². The zero-order valence-corrected chi connectivity index (χ0v) is 21.5. The number of anilines is 1. The molecule has 186 valence electrons. The van der Waals surface area contributed by atoms with Crippen molar-refractivity contribution in [2.45, 2.75) is 52.6 Å². The van der Waals surface area contributed by atoms with E-state index >= 15 is 0 Å². The first-order chi connectivity index (χ1) is 17.0. The number of piperazine rings is 1. The molecule has 2 aliphatic heterocycles. The number of para-hydroxylation sites is 3. The molecule has 2 saturated heterocycles. The molecule has 2 aromatic carbocycles. The molecule has 6 nitrogen and oxygen atoms in total. The maximum absolute atomic E-state index is 13.5. The van der Waals surface area contributed by atoms with Crippen LogP contribution >= 0.6 is 0 Å². The number of amides is 1. The lowest BCUT2D eigenvalue weighted by molar-refractivity contribution is -0.137. The SMILES string of the molecule is CCn1c(CN2CCC[C@H](C(=O)N3CCN(c4ccccc4C(C)C)CC3)C2)nc2ccccc21. The Bertz CT molecular complexity index is 1160. The molecule has 0 N–H and O–H groups in total. The Kier molecular flexibility index (Phi) is 7.09. The molecule has 0 bridgehead atoms. The van der Waals surface area contributed by atoms with Gasteiger partial charge in [-0.25, -0.2) is 4.98 Å². The van der Waals surface area contributed by atoms with E-state index in [1.165, 1.54) is 16.8 Å². The first-order valence-corrected chi connectivity index (χ1v) is 13.3. The summed E-state index contributed by atoms with van der Waals surface area (Å²) in [5.74, 6) is 2.05. The molecule has 2 fully saturated rings. The fraction of sp³-hybridized carbons (Fsp3) is 0.517. The van der Waals surface area contributed by atoms with E-state index in [1.807, 2.05) is 0 Å². The lowest BCUT2D eigenvalue weighted by Gasteiger charge is -2.40. The third-order valence-electron chi connectivity index (χ3n) is 7.76. The third kappa shape index (κ3) is 4.94. The number of carbonyl (C=O) groups is 1. The van der Waals surface area contributed by atoms with Crippen molar-refractivity contribution < 1.29 is 4.79 Å². The average Bonchev–Trinajstić information content (AvgIpc) is 3.25. The minimum atomic E-state index is 0.0951. The van der Waals surface area contributed by atoms with Crippen LogP contribution < -0.4 is 4.90 Å². The summed E-state index contributed by atoms with van der Waals surface area (Å²) in [5.41, 5.74) is 4.99. The Labute approximate surface area is 209 Å². The van der Waals surface area contributed by atoms with Gasteiger partial charge in [-0.2, -0.15) is 0 Å². The van der Waals surface area contributed by atoms with Gasteiger partial charge in [0.05, 0.1) is 23.5 Å². The predicted octanol–water partition coefficient (Wildman–Crippen LogP) is 4.74. The van der Waals surface area contributed by atoms with Gasteiger partial charge in [-0.05, 0) is 56.0 Å². The van der Waals surface area contributed by atoms with Gasteiger partial charge in [-0.15, -0.1) is 0 Å². The highest BCUT2D eigenvalue weighted by Crippen LogP contribution is 2.29. The van der Waals surface area contributed by atoms with Crippen LogP contribution in [0.2, 0.25) is 0 Å². The van der Waals surface area contributed by atoms with Crippen molar-refractivity contribution in [1.29, 1.82) is 0 Å². The van der Waals surface area contributed by atoms with Crippen LogP contribution in [0.4, 0.5) is 5.69 Å². The molecule has 3 heterocycles. The Morgan fingerprint density at radius 2 is 1.74 bits per heavy atom. The van der Waals surface area contributed by atoms with Crippen molar-refractivity contribution in [1.82, 2.24) is 19.4 Å². The van der Waals surface area contributed by atoms with Gasteiger partial charge in [0.2, 0.25) is 5.91 Å². The number of imidazole rings is 1. The largest absolute Gasteiger partial charge is 0.368 e. The number of aryl methyl sites for hydroxylation is 1. The fourth-order valence-electron chi connectivity index (χ4n) is 5.89. The van der Waals surface area contributed by atoms with Crippen molar-refractivity contribution in [3.05, 3.63) is 59.9 Å². The van der Waals surface area contributed by atoms with Crippen molar-refractivity contribution in [2.24, 2.45) is 5.92 Å². The van der Waals surface area contributed by atoms with Gasteiger partial charge >= 0.3 is 0 Å². The van der Waals surface area contributed by atoms with E-state index in [-0.39, 0.29) is 5.92 Å². The predicted molar refractivity (Wildman–Crippen MR) is 143 cm³/mol. The lowest BCUT2D eigenvalue weighted by atomic mass is 9.96. The van der Waals surface area contributed by atoms with E-state index in [4.69, 9.17) is 4.98 Å². The highest BCUT2D eigenvalue weighted by Gasteiger charge is 2.32. The molecular weight excluding hydrogens is 434 g/mol. The maximum atomic E-state index is 13.5. The zero-order valence-electron chi connectivity index (χ0n) is 21.5. The first-order valence-electron chi connectivity index (χ1n) is 13.3. The van der Waals surface area contributed by atoms with Crippen LogP contribution in [0, 0.1) is 5.92 Å². The van der Waals surface area contributed by atoms with Crippen LogP contribution in [0.25, 0.3) is 11.0 Å². The number of fused-ring (bicyclic) bond motifs is 1. The standard InChI is InChI=1S/C29H39N5O/c1-4-34-27-14-8-6-12-25(27)30-28(34)21-31-15-9-10-23(20-31)29(35)33-18-16-32(17-19-33)26-13-7-5-11-24(26)22(2)3/h5-8,11-14,22-23H,4,9-10,15-21H2,1-3H3/t23-/m0/s1. The van der Waals surface area contributed by atoms with E-state index in [0.717, 1.165) is 76.5 Å². The zero-order chi connectivity index (χ0) is 24.4. The Morgan fingerprint density at radius 3 is 2.51 bits per heavy atom. The summed E-state index contributed by atoms with van der Waals surface area (Å²) >= 11 is 0. The maximum Gasteiger partial charge on any atom is 0.227 e. The molecule has 2 aliphatic rings. The second kappa shape index (κ2) is 10.4. The average molecular weight is 474 g/mol. The first kappa shape index (κ1) is 23.9. The lowest BCUT2D eigenvalue weighted by Crippen LogP contribution is -2.52. The van der Waals surface area contributed by atoms with Crippen molar-refractivity contribution in [3.63, 3.8) is 0 Å². The molecule has 1 atom stereocenters. The normalized spacial score (nSPS) is 19.6. The third-order valence-corrected chi connectivity index (χ3v) is 7.76. The van der Waals surface area contributed by atoms with Gasteiger partial charge in [0.1, 0.15) is 5.82 Å². The summed E-state index contributed by atoms with van der Waals surface area (Å²) in [7, 11) is 0. The van der Waals surface area contributed by atoms with Gasteiger partial charge in [0, 0.05) is 45.0 Å². The Morgan fingerprint density at radius 1 is 1.00 bits per heavy atom. The number of piperidine rings is 1.